The summed E-state index contributed by atoms with van der Waals surface area (Å²) in [5, 5.41) is 0. The van der Waals surface area contributed by atoms with Crippen LogP contribution in [-0.2, 0) is 8.85 Å². The van der Waals surface area contributed by atoms with Crippen molar-refractivity contribution in [3.63, 3.8) is 0 Å². The van der Waals surface area contributed by atoms with Gasteiger partial charge in [0, 0.05) is 18.8 Å². The zero-order valence-corrected chi connectivity index (χ0v) is 14.1. The van der Waals surface area contributed by atoms with Crippen molar-refractivity contribution < 1.29 is 8.85 Å². The second-order valence-corrected chi connectivity index (χ2v) is 9.92. The van der Waals surface area contributed by atoms with Gasteiger partial charge in [0.2, 0.25) is 0 Å². The number of unbranched alkanes of at least 4 members (excludes halogenated alkanes) is 1. The molecular formula is C16H32O2Si. The van der Waals surface area contributed by atoms with E-state index in [1.54, 1.807) is 0 Å². The summed E-state index contributed by atoms with van der Waals surface area (Å²) in [4.78, 5) is 0. The van der Waals surface area contributed by atoms with Gasteiger partial charge in [0.25, 0.3) is 0 Å². The lowest BCUT2D eigenvalue weighted by molar-refractivity contribution is 0.153. The highest BCUT2D eigenvalue weighted by Crippen LogP contribution is 2.56. The van der Waals surface area contributed by atoms with Crippen molar-refractivity contribution in [3.05, 3.63) is 0 Å². The molecule has 19 heavy (non-hydrogen) atoms. The molecule has 4 unspecified atom stereocenters. The fraction of sp³-hybridized carbons (Fsp3) is 1.00. The van der Waals surface area contributed by atoms with E-state index in [0.717, 1.165) is 37.0 Å². The molecule has 0 amide bonds. The van der Waals surface area contributed by atoms with Crippen LogP contribution in [0.1, 0.15) is 65.7 Å². The summed E-state index contributed by atoms with van der Waals surface area (Å²) < 4.78 is 12.9. The smallest absolute Gasteiger partial charge is 0.341 e. The van der Waals surface area contributed by atoms with Crippen LogP contribution in [0, 0.1) is 11.8 Å². The van der Waals surface area contributed by atoms with Gasteiger partial charge in [-0.25, -0.2) is 0 Å². The van der Waals surface area contributed by atoms with Crippen LogP contribution >= 0.6 is 0 Å². The van der Waals surface area contributed by atoms with Gasteiger partial charge in [-0.05, 0) is 44.1 Å². The Morgan fingerprint density at radius 1 is 1.00 bits per heavy atom. The minimum atomic E-state index is -1.96. The molecule has 2 nitrogen and oxygen atoms in total. The highest BCUT2D eigenvalue weighted by molar-refractivity contribution is 6.69. The summed E-state index contributed by atoms with van der Waals surface area (Å²) in [6, 6.07) is 1.23. The second-order valence-electron chi connectivity index (χ2n) is 6.48. The Kier molecular flexibility index (Phi) is 5.91. The van der Waals surface area contributed by atoms with Gasteiger partial charge < -0.3 is 8.85 Å². The first-order chi connectivity index (χ1) is 9.25. The summed E-state index contributed by atoms with van der Waals surface area (Å²) in [5.74, 6) is 1.92. The van der Waals surface area contributed by atoms with E-state index in [-0.39, 0.29) is 0 Å². The lowest BCUT2D eigenvalue weighted by Gasteiger charge is -2.39. The molecule has 4 atom stereocenters. The largest absolute Gasteiger partial charge is 0.394 e. The lowest BCUT2D eigenvalue weighted by Crippen LogP contribution is -2.49. The first-order valence-electron chi connectivity index (χ1n) is 8.53. The van der Waals surface area contributed by atoms with Crippen LogP contribution in [0.3, 0.4) is 0 Å². The Hall–Kier alpha value is 0.137. The van der Waals surface area contributed by atoms with Crippen LogP contribution in [0.2, 0.25) is 11.6 Å². The van der Waals surface area contributed by atoms with Crippen LogP contribution in [0.15, 0.2) is 0 Å². The molecule has 0 aromatic carbocycles. The third-order valence-electron chi connectivity index (χ3n) is 5.12. The summed E-state index contributed by atoms with van der Waals surface area (Å²) in [6.07, 6.45) is 9.45. The molecule has 3 heteroatoms. The quantitative estimate of drug-likeness (QED) is 0.562. The molecular weight excluding hydrogens is 252 g/mol. The Morgan fingerprint density at radius 3 is 2.37 bits per heavy atom. The summed E-state index contributed by atoms with van der Waals surface area (Å²) >= 11 is 0. The molecule has 2 aliphatic rings. The molecule has 0 spiro atoms. The fourth-order valence-corrected chi connectivity index (χ4v) is 9.08. The van der Waals surface area contributed by atoms with Gasteiger partial charge in [-0.15, -0.1) is 0 Å². The lowest BCUT2D eigenvalue weighted by atomic mass is 10.0. The molecule has 2 bridgehead atoms. The maximum absolute atomic E-state index is 6.47. The van der Waals surface area contributed by atoms with Crippen molar-refractivity contribution >= 4 is 8.56 Å². The van der Waals surface area contributed by atoms with E-state index in [4.69, 9.17) is 8.85 Å². The first-order valence-corrected chi connectivity index (χ1v) is 10.6. The Bertz CT molecular complexity index is 261. The molecule has 0 saturated heterocycles. The second kappa shape index (κ2) is 7.23. The van der Waals surface area contributed by atoms with Gasteiger partial charge in [0.05, 0.1) is 0 Å². The van der Waals surface area contributed by atoms with E-state index < -0.39 is 8.56 Å². The molecule has 0 aromatic rings. The van der Waals surface area contributed by atoms with Gasteiger partial charge in [-0.3, -0.25) is 0 Å². The summed E-state index contributed by atoms with van der Waals surface area (Å²) in [5.41, 5.74) is 0.796. The Labute approximate surface area is 120 Å². The number of hydrogen-bond acceptors (Lipinski definition) is 2. The highest BCUT2D eigenvalue weighted by atomic mass is 28.4. The topological polar surface area (TPSA) is 18.5 Å². The molecule has 0 aromatic heterocycles. The van der Waals surface area contributed by atoms with Crippen molar-refractivity contribution in [1.29, 1.82) is 0 Å². The van der Waals surface area contributed by atoms with Crippen molar-refractivity contribution in [2.75, 3.05) is 13.2 Å². The van der Waals surface area contributed by atoms with Gasteiger partial charge >= 0.3 is 8.56 Å². The molecule has 0 aliphatic heterocycles. The van der Waals surface area contributed by atoms with E-state index in [0.29, 0.717) is 0 Å². The van der Waals surface area contributed by atoms with E-state index in [1.807, 2.05) is 0 Å². The van der Waals surface area contributed by atoms with Crippen LogP contribution < -0.4 is 0 Å². The minimum Gasteiger partial charge on any atom is -0.394 e. The van der Waals surface area contributed by atoms with Crippen molar-refractivity contribution in [2.45, 2.75) is 77.3 Å². The third kappa shape index (κ3) is 3.42. The fourth-order valence-electron chi connectivity index (χ4n) is 4.31. The van der Waals surface area contributed by atoms with Crippen molar-refractivity contribution in [3.8, 4) is 0 Å². The SMILES string of the molecule is CCCC[Si](OCC)(OCCC)C1CC2CCC1C2. The van der Waals surface area contributed by atoms with Crippen molar-refractivity contribution in [1.82, 2.24) is 0 Å². The number of hydrogen-bond donors (Lipinski definition) is 0. The molecule has 2 aliphatic carbocycles. The zero-order chi connectivity index (χ0) is 13.7. The predicted molar refractivity (Wildman–Crippen MR) is 82.5 cm³/mol. The predicted octanol–water partition coefficient (Wildman–Crippen LogP) is 4.88. The number of rotatable bonds is 9. The monoisotopic (exact) mass is 284 g/mol. The van der Waals surface area contributed by atoms with E-state index in [2.05, 4.69) is 20.8 Å². The molecule has 2 saturated carbocycles. The Morgan fingerprint density at radius 2 is 1.84 bits per heavy atom. The van der Waals surface area contributed by atoms with Gasteiger partial charge in [0.15, 0.2) is 0 Å². The van der Waals surface area contributed by atoms with E-state index >= 15 is 0 Å². The summed E-state index contributed by atoms with van der Waals surface area (Å²) in [7, 11) is -1.96. The minimum absolute atomic E-state index is 0.796. The van der Waals surface area contributed by atoms with Gasteiger partial charge in [-0.1, -0.05) is 39.5 Å². The molecule has 112 valence electrons. The molecule has 0 radical (unpaired) electrons. The third-order valence-corrected chi connectivity index (χ3v) is 9.48. The summed E-state index contributed by atoms with van der Waals surface area (Å²) in [6.45, 7) is 8.39. The van der Waals surface area contributed by atoms with Gasteiger partial charge in [-0.2, -0.15) is 0 Å². The van der Waals surface area contributed by atoms with Gasteiger partial charge in [0.1, 0.15) is 0 Å². The van der Waals surface area contributed by atoms with Crippen LogP contribution in [0.25, 0.3) is 0 Å². The average Bonchev–Trinajstić information content (AvgIpc) is 3.05. The standard InChI is InChI=1S/C16H32O2Si/c1-4-7-11-19(17-6-3,18-10-5-2)16-13-14-8-9-15(16)12-14/h14-16H,4-13H2,1-3H3. The van der Waals surface area contributed by atoms with E-state index in [1.165, 1.54) is 44.6 Å². The molecule has 2 rings (SSSR count). The first kappa shape index (κ1) is 15.5. The maximum Gasteiger partial charge on any atom is 0.341 e. The van der Waals surface area contributed by atoms with Crippen LogP contribution in [0.5, 0.6) is 0 Å². The number of fused-ring (bicyclic) bond motifs is 2. The normalized spacial score (nSPS) is 32.7. The van der Waals surface area contributed by atoms with Crippen LogP contribution in [0.4, 0.5) is 0 Å². The van der Waals surface area contributed by atoms with Crippen LogP contribution in [-0.4, -0.2) is 21.8 Å². The van der Waals surface area contributed by atoms with Crippen molar-refractivity contribution in [2.24, 2.45) is 11.8 Å². The average molecular weight is 285 g/mol. The Balaban J connectivity index is 2.09. The molecule has 0 heterocycles. The zero-order valence-electron chi connectivity index (χ0n) is 13.1. The molecule has 0 N–H and O–H groups in total. The highest BCUT2D eigenvalue weighted by Gasteiger charge is 2.54. The molecule has 2 fully saturated rings. The maximum atomic E-state index is 6.47. The van der Waals surface area contributed by atoms with E-state index in [9.17, 15) is 0 Å².